The van der Waals surface area contributed by atoms with Gasteiger partial charge in [-0.2, -0.15) is 0 Å². The first-order valence-corrected chi connectivity index (χ1v) is 11.1. The number of aromatic hydroxyl groups is 1. The zero-order valence-electron chi connectivity index (χ0n) is 18.8. The highest BCUT2D eigenvalue weighted by Crippen LogP contribution is 2.33. The summed E-state index contributed by atoms with van der Waals surface area (Å²) in [7, 11) is 5.26. The Morgan fingerprint density at radius 2 is 1.58 bits per heavy atom. The summed E-state index contributed by atoms with van der Waals surface area (Å²) in [5.41, 5.74) is 3.81. The van der Waals surface area contributed by atoms with Crippen LogP contribution in [0, 0.1) is 0 Å². The van der Waals surface area contributed by atoms with E-state index in [0.717, 1.165) is 56.3 Å². The molecule has 1 fully saturated rings. The Morgan fingerprint density at radius 1 is 0.903 bits per heavy atom. The minimum Gasteiger partial charge on any atom is -0.503 e. The van der Waals surface area contributed by atoms with Crippen molar-refractivity contribution in [2.75, 3.05) is 33.9 Å². The molecule has 3 heterocycles. The number of benzene rings is 1. The molecule has 4 rings (SSSR count). The lowest BCUT2D eigenvalue weighted by molar-refractivity contribution is 0.212. The Kier molecular flexibility index (Phi) is 6.53. The maximum atomic E-state index is 12.5. The Morgan fingerprint density at radius 3 is 2.26 bits per heavy atom. The number of piperidine rings is 1. The largest absolute Gasteiger partial charge is 0.503 e. The van der Waals surface area contributed by atoms with Gasteiger partial charge in [-0.1, -0.05) is 6.42 Å². The third kappa shape index (κ3) is 4.57. The Labute approximate surface area is 183 Å². The molecule has 168 valence electrons. The third-order valence-electron chi connectivity index (χ3n) is 6.64. The molecule has 0 atom stereocenters. The summed E-state index contributed by atoms with van der Waals surface area (Å²) in [4.78, 5) is 17.2. The number of likely N-dealkylation sites (tertiary alicyclic amines) is 1. The molecule has 1 aromatic carbocycles. The van der Waals surface area contributed by atoms with Crippen molar-refractivity contribution in [3.63, 3.8) is 0 Å². The van der Waals surface area contributed by atoms with Crippen LogP contribution in [0.3, 0.4) is 0 Å². The molecule has 2 aliphatic heterocycles. The van der Waals surface area contributed by atoms with Gasteiger partial charge >= 0.3 is 0 Å². The first kappa shape index (κ1) is 21.7. The smallest absolute Gasteiger partial charge is 0.223 e. The topological polar surface area (TPSA) is 67.2 Å². The summed E-state index contributed by atoms with van der Waals surface area (Å²) in [6.07, 6.45) is 4.59. The lowest BCUT2D eigenvalue weighted by atomic mass is 9.98. The van der Waals surface area contributed by atoms with Gasteiger partial charge < -0.3 is 19.1 Å². The number of methoxy groups -OCH3 is 2. The first-order chi connectivity index (χ1) is 15.0. The number of pyridine rings is 1. The van der Waals surface area contributed by atoms with Crippen molar-refractivity contribution in [3.05, 3.63) is 50.9 Å². The van der Waals surface area contributed by atoms with Gasteiger partial charge in [0.25, 0.3) is 0 Å². The van der Waals surface area contributed by atoms with Crippen LogP contribution in [0.15, 0.2) is 23.0 Å². The zero-order chi connectivity index (χ0) is 22.0. The summed E-state index contributed by atoms with van der Waals surface area (Å²) >= 11 is 0. The first-order valence-electron chi connectivity index (χ1n) is 11.1. The van der Waals surface area contributed by atoms with Crippen molar-refractivity contribution in [3.8, 4) is 17.2 Å². The molecule has 31 heavy (non-hydrogen) atoms. The fraction of sp³-hybridized carbons (Fsp3) is 0.542. The maximum Gasteiger partial charge on any atom is 0.223 e. The van der Waals surface area contributed by atoms with Gasteiger partial charge in [-0.05, 0) is 55.6 Å². The number of hydrogen-bond donors (Lipinski definition) is 1. The van der Waals surface area contributed by atoms with E-state index in [-0.39, 0.29) is 11.2 Å². The van der Waals surface area contributed by atoms with Crippen molar-refractivity contribution >= 4 is 0 Å². The highest BCUT2D eigenvalue weighted by atomic mass is 16.5. The Bertz CT molecular complexity index is 995. The quantitative estimate of drug-likeness (QED) is 0.765. The second-order valence-electron chi connectivity index (χ2n) is 8.63. The normalized spacial score (nSPS) is 17.4. The average Bonchev–Trinajstić information content (AvgIpc) is 2.79. The van der Waals surface area contributed by atoms with E-state index in [2.05, 4.69) is 15.9 Å². The molecule has 0 radical (unpaired) electrons. The van der Waals surface area contributed by atoms with Crippen LogP contribution in [-0.2, 0) is 33.1 Å². The SMILES string of the molecule is COc1cc2c(cc1OC)CN(Cc1c(O)c(=O)cc(CN3CCCCC3)n1C)CC2. The molecule has 1 N–H and O–H groups in total. The van der Waals surface area contributed by atoms with Crippen LogP contribution >= 0.6 is 0 Å². The van der Waals surface area contributed by atoms with Gasteiger partial charge in [-0.25, -0.2) is 0 Å². The maximum absolute atomic E-state index is 12.5. The van der Waals surface area contributed by atoms with E-state index in [1.165, 1.54) is 30.4 Å². The molecule has 0 saturated carbocycles. The molecule has 0 aliphatic carbocycles. The second kappa shape index (κ2) is 9.32. The van der Waals surface area contributed by atoms with Crippen LogP contribution in [0.2, 0.25) is 0 Å². The zero-order valence-corrected chi connectivity index (χ0v) is 18.8. The Balaban J connectivity index is 1.56. The molecular formula is C24H33N3O4. The Hall–Kier alpha value is -2.51. The average molecular weight is 428 g/mol. The number of ether oxygens (including phenoxy) is 2. The molecule has 0 spiro atoms. The van der Waals surface area contributed by atoms with Gasteiger partial charge in [0, 0.05) is 45.0 Å². The van der Waals surface area contributed by atoms with Gasteiger partial charge in [-0.3, -0.25) is 14.6 Å². The number of rotatable bonds is 6. The van der Waals surface area contributed by atoms with E-state index in [1.54, 1.807) is 20.3 Å². The van der Waals surface area contributed by atoms with E-state index >= 15 is 0 Å². The van der Waals surface area contributed by atoms with Crippen molar-refractivity contribution in [1.82, 2.24) is 14.4 Å². The standard InChI is InChI=1S/C24H33N3O4/c1-25-19(15-26-8-5-4-6-9-26)13-21(28)24(29)20(25)16-27-10-7-17-11-22(30-2)23(31-3)12-18(17)14-27/h11-13,29H,4-10,14-16H2,1-3H3. The van der Waals surface area contributed by atoms with Crippen LogP contribution in [0.5, 0.6) is 17.2 Å². The molecule has 0 bridgehead atoms. The van der Waals surface area contributed by atoms with Crippen LogP contribution in [0.1, 0.15) is 41.8 Å². The van der Waals surface area contributed by atoms with Crippen LogP contribution in [0.4, 0.5) is 0 Å². The molecule has 7 heteroatoms. The molecule has 1 saturated heterocycles. The van der Waals surface area contributed by atoms with E-state index in [1.807, 2.05) is 17.7 Å². The summed E-state index contributed by atoms with van der Waals surface area (Å²) in [5, 5.41) is 10.6. The molecule has 1 aromatic heterocycles. The summed E-state index contributed by atoms with van der Waals surface area (Å²) in [5.74, 6) is 1.34. The number of aromatic nitrogens is 1. The van der Waals surface area contributed by atoms with Crippen molar-refractivity contribution in [1.29, 1.82) is 0 Å². The van der Waals surface area contributed by atoms with E-state index in [9.17, 15) is 9.90 Å². The molecule has 2 aromatic rings. The van der Waals surface area contributed by atoms with Crippen molar-refractivity contribution in [2.24, 2.45) is 7.05 Å². The highest BCUT2D eigenvalue weighted by molar-refractivity contribution is 5.48. The number of fused-ring (bicyclic) bond motifs is 1. The lowest BCUT2D eigenvalue weighted by Crippen LogP contribution is -2.34. The molecular weight excluding hydrogens is 394 g/mol. The van der Waals surface area contributed by atoms with Crippen molar-refractivity contribution in [2.45, 2.75) is 45.3 Å². The number of nitrogens with zero attached hydrogens (tertiary/aromatic N) is 3. The minimum absolute atomic E-state index is 0.136. The summed E-state index contributed by atoms with van der Waals surface area (Å²) < 4.78 is 12.9. The fourth-order valence-corrected chi connectivity index (χ4v) is 4.76. The minimum atomic E-state index is -0.288. The third-order valence-corrected chi connectivity index (χ3v) is 6.64. The molecule has 0 amide bonds. The predicted octanol–water partition coefficient (Wildman–Crippen LogP) is 2.65. The van der Waals surface area contributed by atoms with E-state index in [4.69, 9.17) is 9.47 Å². The van der Waals surface area contributed by atoms with Gasteiger partial charge in [0.15, 0.2) is 17.2 Å². The molecule has 7 nitrogen and oxygen atoms in total. The summed E-state index contributed by atoms with van der Waals surface area (Å²) in [6.45, 7) is 5.00. The van der Waals surface area contributed by atoms with Crippen molar-refractivity contribution < 1.29 is 14.6 Å². The highest BCUT2D eigenvalue weighted by Gasteiger charge is 2.23. The van der Waals surface area contributed by atoms with Crippen LogP contribution in [-0.4, -0.2) is 53.3 Å². The molecule has 2 aliphatic rings. The van der Waals surface area contributed by atoms with Crippen LogP contribution in [0.25, 0.3) is 0 Å². The number of hydrogen-bond acceptors (Lipinski definition) is 6. The van der Waals surface area contributed by atoms with Crippen LogP contribution < -0.4 is 14.9 Å². The summed E-state index contributed by atoms with van der Waals surface area (Å²) in [6, 6.07) is 5.68. The van der Waals surface area contributed by atoms with E-state index in [0.29, 0.717) is 12.2 Å². The van der Waals surface area contributed by atoms with Gasteiger partial charge in [0.2, 0.25) is 5.43 Å². The van der Waals surface area contributed by atoms with E-state index < -0.39 is 0 Å². The van der Waals surface area contributed by atoms with Gasteiger partial charge in [-0.15, -0.1) is 0 Å². The fourth-order valence-electron chi connectivity index (χ4n) is 4.76. The van der Waals surface area contributed by atoms with Gasteiger partial charge in [0.1, 0.15) is 0 Å². The predicted molar refractivity (Wildman–Crippen MR) is 120 cm³/mol. The monoisotopic (exact) mass is 427 g/mol. The lowest BCUT2D eigenvalue weighted by Gasteiger charge is -2.31. The molecule has 0 unspecified atom stereocenters. The van der Waals surface area contributed by atoms with Gasteiger partial charge in [0.05, 0.1) is 19.9 Å². The second-order valence-corrected chi connectivity index (χ2v) is 8.63.